The summed E-state index contributed by atoms with van der Waals surface area (Å²) in [7, 11) is 0. The van der Waals surface area contributed by atoms with Crippen LogP contribution in [0, 0.1) is 0 Å². The summed E-state index contributed by atoms with van der Waals surface area (Å²) in [5.74, 6) is 0.380. The number of hydrogen-bond acceptors (Lipinski definition) is 3. The molecule has 2 aromatic rings. The highest BCUT2D eigenvalue weighted by molar-refractivity contribution is 5.66. The summed E-state index contributed by atoms with van der Waals surface area (Å²) in [5.41, 5.74) is 4.59. The lowest BCUT2D eigenvalue weighted by Gasteiger charge is -2.33. The zero-order valence-corrected chi connectivity index (χ0v) is 14.9. The van der Waals surface area contributed by atoms with E-state index in [0.29, 0.717) is 12.0 Å². The molecule has 0 saturated carbocycles. The van der Waals surface area contributed by atoms with Gasteiger partial charge in [0.2, 0.25) is 0 Å². The average molecular weight is 377 g/mol. The molecule has 1 fully saturated rings. The summed E-state index contributed by atoms with van der Waals surface area (Å²) in [4.78, 5) is 2.45. The molecule has 2 aromatic carbocycles. The Labute approximate surface area is 156 Å². The Morgan fingerprint density at radius 1 is 1.04 bits per heavy atom. The third kappa shape index (κ3) is 3.82. The molecule has 27 heavy (non-hydrogen) atoms. The molecule has 2 aliphatic rings. The smallest absolute Gasteiger partial charge is 0.406 e. The molecule has 0 amide bonds. The second kappa shape index (κ2) is 7.17. The number of halogens is 3. The topological polar surface area (TPSA) is 32.7 Å². The van der Waals surface area contributed by atoms with Crippen LogP contribution in [0.1, 0.15) is 42.3 Å². The SMILES string of the molecule is OCCCN1CC[C@@H]2CC1c1cc(-c3ccc(OC(F)(F)F)cc3)ccc12. The lowest BCUT2D eigenvalue weighted by Crippen LogP contribution is -2.33. The minimum atomic E-state index is -4.68. The predicted octanol–water partition coefficient (Wildman–Crippen LogP) is 4.87. The number of rotatable bonds is 5. The van der Waals surface area contributed by atoms with Gasteiger partial charge in [-0.05, 0) is 72.2 Å². The number of piperidine rings is 1. The van der Waals surface area contributed by atoms with Gasteiger partial charge in [-0.15, -0.1) is 13.2 Å². The summed E-state index contributed by atoms with van der Waals surface area (Å²) < 4.78 is 40.9. The van der Waals surface area contributed by atoms with Gasteiger partial charge in [-0.25, -0.2) is 0 Å². The van der Waals surface area contributed by atoms with Crippen molar-refractivity contribution in [2.75, 3.05) is 19.7 Å². The molecule has 3 nitrogen and oxygen atoms in total. The van der Waals surface area contributed by atoms with Gasteiger partial charge in [-0.3, -0.25) is 4.90 Å². The van der Waals surface area contributed by atoms with Crippen LogP contribution in [0.4, 0.5) is 13.2 Å². The molecule has 6 heteroatoms. The number of fused-ring (bicyclic) bond motifs is 5. The van der Waals surface area contributed by atoms with Crippen molar-refractivity contribution in [1.82, 2.24) is 4.90 Å². The van der Waals surface area contributed by atoms with E-state index in [2.05, 4.69) is 27.8 Å². The summed E-state index contributed by atoms with van der Waals surface area (Å²) in [5, 5.41) is 9.14. The average Bonchev–Trinajstić information content (AvgIpc) is 2.93. The molecule has 144 valence electrons. The van der Waals surface area contributed by atoms with Gasteiger partial charge in [0.15, 0.2) is 0 Å². The van der Waals surface area contributed by atoms with Crippen LogP contribution >= 0.6 is 0 Å². The molecular formula is C21H22F3NO2. The molecule has 2 atom stereocenters. The Morgan fingerprint density at radius 3 is 2.48 bits per heavy atom. The fourth-order valence-electron chi connectivity index (χ4n) is 4.43. The van der Waals surface area contributed by atoms with E-state index in [1.807, 2.05) is 0 Å². The van der Waals surface area contributed by atoms with Crippen LogP contribution < -0.4 is 4.74 Å². The van der Waals surface area contributed by atoms with E-state index in [1.165, 1.54) is 23.3 Å². The van der Waals surface area contributed by atoms with Crippen LogP contribution in [0.25, 0.3) is 11.1 Å². The molecule has 0 aromatic heterocycles. The second-order valence-corrected chi connectivity index (χ2v) is 7.27. The van der Waals surface area contributed by atoms with Gasteiger partial charge in [0.25, 0.3) is 0 Å². The fraction of sp³-hybridized carbons (Fsp3) is 0.429. The van der Waals surface area contributed by atoms with Crippen molar-refractivity contribution in [3.05, 3.63) is 53.6 Å². The summed E-state index contributed by atoms with van der Waals surface area (Å²) in [6, 6.07) is 12.8. The van der Waals surface area contributed by atoms with Gasteiger partial charge in [-0.2, -0.15) is 0 Å². The van der Waals surface area contributed by atoms with Crippen LogP contribution in [0.5, 0.6) is 5.75 Å². The number of benzene rings is 2. The second-order valence-electron chi connectivity index (χ2n) is 7.27. The van der Waals surface area contributed by atoms with Crippen molar-refractivity contribution < 1.29 is 23.0 Å². The van der Waals surface area contributed by atoms with E-state index < -0.39 is 6.36 Å². The first kappa shape index (κ1) is 18.3. The van der Waals surface area contributed by atoms with E-state index in [9.17, 15) is 13.2 Å². The first-order valence-electron chi connectivity index (χ1n) is 9.29. The molecule has 2 bridgehead atoms. The third-order valence-corrected chi connectivity index (χ3v) is 5.62. The van der Waals surface area contributed by atoms with E-state index in [-0.39, 0.29) is 12.4 Å². The molecule has 1 aliphatic heterocycles. The number of alkyl halides is 3. The molecule has 1 heterocycles. The number of likely N-dealkylation sites (tertiary alicyclic amines) is 1. The predicted molar refractivity (Wildman–Crippen MR) is 96.6 cm³/mol. The van der Waals surface area contributed by atoms with Gasteiger partial charge >= 0.3 is 6.36 Å². The minimum Gasteiger partial charge on any atom is -0.406 e. The first-order chi connectivity index (χ1) is 12.9. The molecule has 4 rings (SSSR count). The Morgan fingerprint density at radius 2 is 1.78 bits per heavy atom. The van der Waals surface area contributed by atoms with E-state index in [0.717, 1.165) is 43.5 Å². The van der Waals surface area contributed by atoms with Crippen molar-refractivity contribution in [3.8, 4) is 16.9 Å². The van der Waals surface area contributed by atoms with Crippen LogP contribution in [-0.4, -0.2) is 36.1 Å². The van der Waals surface area contributed by atoms with Crippen molar-refractivity contribution in [2.45, 2.75) is 37.6 Å². The van der Waals surface area contributed by atoms with E-state index in [4.69, 9.17) is 5.11 Å². The van der Waals surface area contributed by atoms with Crippen LogP contribution in [-0.2, 0) is 0 Å². The van der Waals surface area contributed by atoms with Gasteiger partial charge < -0.3 is 9.84 Å². The van der Waals surface area contributed by atoms with Gasteiger partial charge in [-0.1, -0.05) is 24.3 Å². The summed E-state index contributed by atoms with van der Waals surface area (Å²) in [6.45, 7) is 2.13. The number of ether oxygens (including phenoxy) is 1. The van der Waals surface area contributed by atoms with Crippen molar-refractivity contribution in [3.63, 3.8) is 0 Å². The monoisotopic (exact) mass is 377 g/mol. The third-order valence-electron chi connectivity index (χ3n) is 5.62. The zero-order chi connectivity index (χ0) is 19.0. The standard InChI is InChI=1S/C21H22F3NO2/c22-21(23,24)27-17-5-2-14(3-6-17)15-4-7-18-16-8-10-25(9-1-11-26)20(13-16)19(18)12-15/h2-7,12,16,20,26H,1,8-11,13H2/t16-,20?/m1/s1. The highest BCUT2D eigenvalue weighted by Gasteiger charge is 2.38. The highest BCUT2D eigenvalue weighted by atomic mass is 19.4. The van der Waals surface area contributed by atoms with Gasteiger partial charge in [0.05, 0.1) is 0 Å². The number of aliphatic hydroxyl groups is 1. The summed E-state index contributed by atoms with van der Waals surface area (Å²) in [6.07, 6.45) is -1.65. The first-order valence-corrected chi connectivity index (χ1v) is 9.29. The molecular weight excluding hydrogens is 355 g/mol. The van der Waals surface area contributed by atoms with E-state index in [1.54, 1.807) is 12.1 Å². The van der Waals surface area contributed by atoms with Crippen LogP contribution in [0.15, 0.2) is 42.5 Å². The lowest BCUT2D eigenvalue weighted by atomic mass is 9.95. The lowest BCUT2D eigenvalue weighted by molar-refractivity contribution is -0.274. The molecule has 1 aliphatic carbocycles. The number of aliphatic hydroxyl groups excluding tert-OH is 1. The van der Waals surface area contributed by atoms with Crippen molar-refractivity contribution in [1.29, 1.82) is 0 Å². The highest BCUT2D eigenvalue weighted by Crippen LogP contribution is 2.49. The Bertz CT molecular complexity index is 802. The quantitative estimate of drug-likeness (QED) is 0.807. The van der Waals surface area contributed by atoms with Crippen molar-refractivity contribution in [2.24, 2.45) is 0 Å². The molecule has 0 radical (unpaired) electrons. The maximum atomic E-state index is 12.3. The van der Waals surface area contributed by atoms with E-state index >= 15 is 0 Å². The Hall–Kier alpha value is -2.05. The summed E-state index contributed by atoms with van der Waals surface area (Å²) >= 11 is 0. The largest absolute Gasteiger partial charge is 0.573 e. The molecule has 1 unspecified atom stereocenters. The van der Waals surface area contributed by atoms with Crippen LogP contribution in [0.2, 0.25) is 0 Å². The maximum Gasteiger partial charge on any atom is 0.573 e. The number of nitrogens with zero attached hydrogens (tertiary/aromatic N) is 1. The number of hydrogen-bond donors (Lipinski definition) is 1. The molecule has 1 N–H and O–H groups in total. The minimum absolute atomic E-state index is 0.200. The van der Waals surface area contributed by atoms with Gasteiger partial charge in [0.1, 0.15) is 5.75 Å². The zero-order valence-electron chi connectivity index (χ0n) is 14.9. The Balaban J connectivity index is 1.58. The molecule has 1 saturated heterocycles. The molecule has 0 spiro atoms. The Kier molecular flexibility index (Phi) is 4.86. The van der Waals surface area contributed by atoms with Gasteiger partial charge in [0, 0.05) is 19.2 Å². The fourth-order valence-corrected chi connectivity index (χ4v) is 4.43. The maximum absolute atomic E-state index is 12.3. The normalized spacial score (nSPS) is 21.9. The van der Waals surface area contributed by atoms with Crippen LogP contribution in [0.3, 0.4) is 0 Å². The van der Waals surface area contributed by atoms with Crippen molar-refractivity contribution >= 4 is 0 Å².